The fraction of sp³-hybridized carbons (Fsp3) is 0.440. The van der Waals surface area contributed by atoms with Crippen LogP contribution in [0.3, 0.4) is 0 Å². The van der Waals surface area contributed by atoms with Gasteiger partial charge in [-0.1, -0.05) is 44.5 Å². The third-order valence-electron chi connectivity index (χ3n) is 5.14. The number of ether oxygens (including phenoxy) is 1. The van der Waals surface area contributed by atoms with Gasteiger partial charge in [-0.05, 0) is 68.5 Å². The van der Waals surface area contributed by atoms with Gasteiger partial charge in [0, 0.05) is 17.5 Å². The molecule has 0 aromatic heterocycles. The van der Waals surface area contributed by atoms with Gasteiger partial charge in [0.15, 0.2) is 0 Å². The normalized spacial score (nSPS) is 11.2. The molecule has 2 amide bonds. The Bertz CT molecular complexity index is 925. The Balaban J connectivity index is 1.92. The number of hydrogen-bond donors (Lipinski definition) is 2. The Morgan fingerprint density at radius 1 is 1.06 bits per heavy atom. The van der Waals surface area contributed by atoms with Gasteiger partial charge in [-0.25, -0.2) is 0 Å². The summed E-state index contributed by atoms with van der Waals surface area (Å²) in [5, 5.41) is 6.16. The first-order valence-corrected chi connectivity index (χ1v) is 11.1. The van der Waals surface area contributed by atoms with Gasteiger partial charge < -0.3 is 15.4 Å². The fourth-order valence-corrected chi connectivity index (χ4v) is 3.28. The lowest BCUT2D eigenvalue weighted by Gasteiger charge is -2.24. The molecule has 2 N–H and O–H groups in total. The molecule has 0 spiro atoms. The average Bonchev–Trinajstić information content (AvgIpc) is 2.70. The van der Waals surface area contributed by atoms with E-state index in [-0.39, 0.29) is 11.8 Å². The number of aryl methyl sites for hydroxylation is 2. The Morgan fingerprint density at radius 2 is 1.81 bits per heavy atom. The molecule has 2 rings (SSSR count). The van der Waals surface area contributed by atoms with Gasteiger partial charge in [0.2, 0.25) is 11.8 Å². The Morgan fingerprint density at radius 3 is 2.52 bits per heavy atom. The first-order valence-electron chi connectivity index (χ1n) is 10.7. The first-order chi connectivity index (χ1) is 14.6. The van der Waals surface area contributed by atoms with E-state index in [1.165, 1.54) is 0 Å². The van der Waals surface area contributed by atoms with Crippen molar-refractivity contribution in [3.05, 3.63) is 52.5 Å². The summed E-state index contributed by atoms with van der Waals surface area (Å²) >= 11 is 6.26. The lowest BCUT2D eigenvalue weighted by Crippen LogP contribution is -2.31. The second kappa shape index (κ2) is 11.2. The molecule has 0 aliphatic rings. The molecule has 2 aromatic carbocycles. The number of carbonyl (C=O) groups excluding carboxylic acids is 2. The average molecular weight is 445 g/mol. The predicted molar refractivity (Wildman–Crippen MR) is 128 cm³/mol. The van der Waals surface area contributed by atoms with Gasteiger partial charge in [-0.2, -0.15) is 0 Å². The highest BCUT2D eigenvalue weighted by Crippen LogP contribution is 2.30. The lowest BCUT2D eigenvalue weighted by atomic mass is 9.87. The number of halogens is 1. The highest BCUT2D eigenvalue weighted by atomic mass is 35.5. The quantitative estimate of drug-likeness (QED) is 0.410. The SMILES string of the molecule is CCCC(=O)Nc1ccc(Cl)c(NC(=O)C(C)(C)CCCOc2cc(C)ccc2C)c1. The van der Waals surface area contributed by atoms with Crippen molar-refractivity contribution >= 4 is 34.8 Å². The van der Waals surface area contributed by atoms with Crippen molar-refractivity contribution < 1.29 is 14.3 Å². The summed E-state index contributed by atoms with van der Waals surface area (Å²) in [7, 11) is 0. The van der Waals surface area contributed by atoms with E-state index in [1.54, 1.807) is 18.2 Å². The predicted octanol–water partition coefficient (Wildman–Crippen LogP) is 6.52. The number of hydrogen-bond acceptors (Lipinski definition) is 3. The van der Waals surface area contributed by atoms with Gasteiger partial charge in [-0.15, -0.1) is 0 Å². The number of amides is 2. The maximum absolute atomic E-state index is 12.9. The smallest absolute Gasteiger partial charge is 0.230 e. The van der Waals surface area contributed by atoms with E-state index in [2.05, 4.69) is 16.7 Å². The number of anilines is 2. The highest BCUT2D eigenvalue weighted by Gasteiger charge is 2.27. The van der Waals surface area contributed by atoms with E-state index in [0.29, 0.717) is 35.8 Å². The third-order valence-corrected chi connectivity index (χ3v) is 5.47. The topological polar surface area (TPSA) is 67.4 Å². The second-order valence-corrected chi connectivity index (χ2v) is 8.96. The van der Waals surface area contributed by atoms with Crippen LogP contribution in [0.5, 0.6) is 5.75 Å². The Labute approximate surface area is 190 Å². The molecular weight excluding hydrogens is 412 g/mol. The van der Waals surface area contributed by atoms with E-state index in [1.807, 2.05) is 46.8 Å². The first kappa shape index (κ1) is 24.7. The second-order valence-electron chi connectivity index (χ2n) is 8.55. The van der Waals surface area contributed by atoms with Crippen molar-refractivity contribution in [1.82, 2.24) is 0 Å². The molecule has 0 saturated carbocycles. The summed E-state index contributed by atoms with van der Waals surface area (Å²) in [5.41, 5.74) is 2.75. The molecule has 6 heteroatoms. The van der Waals surface area contributed by atoms with E-state index < -0.39 is 5.41 Å². The molecule has 0 radical (unpaired) electrons. The molecular formula is C25H33ClN2O3. The summed E-state index contributed by atoms with van der Waals surface area (Å²) in [6.45, 7) is 10.4. The van der Waals surface area contributed by atoms with Gasteiger partial charge >= 0.3 is 0 Å². The molecule has 0 atom stereocenters. The molecule has 2 aromatic rings. The monoisotopic (exact) mass is 444 g/mol. The van der Waals surface area contributed by atoms with E-state index in [4.69, 9.17) is 16.3 Å². The summed E-state index contributed by atoms with van der Waals surface area (Å²) in [6.07, 6.45) is 2.62. The van der Waals surface area contributed by atoms with Crippen LogP contribution in [-0.2, 0) is 9.59 Å². The van der Waals surface area contributed by atoms with E-state index in [9.17, 15) is 9.59 Å². The van der Waals surface area contributed by atoms with Crippen molar-refractivity contribution in [2.24, 2.45) is 5.41 Å². The van der Waals surface area contributed by atoms with Gasteiger partial charge in [-0.3, -0.25) is 9.59 Å². The van der Waals surface area contributed by atoms with Crippen LogP contribution in [-0.4, -0.2) is 18.4 Å². The molecule has 0 bridgehead atoms. The van der Waals surface area contributed by atoms with Gasteiger partial charge in [0.1, 0.15) is 5.75 Å². The van der Waals surface area contributed by atoms with Crippen LogP contribution in [0.2, 0.25) is 5.02 Å². The standard InChI is InChI=1S/C25H33ClN2O3/c1-6-8-23(29)27-19-11-12-20(26)21(16-19)28-24(30)25(4,5)13-7-14-31-22-15-17(2)9-10-18(22)3/h9-12,15-16H,6-8,13-14H2,1-5H3,(H,27,29)(H,28,30). The van der Waals surface area contributed by atoms with Gasteiger partial charge in [0.05, 0.1) is 17.3 Å². The molecule has 168 valence electrons. The van der Waals surface area contributed by atoms with Crippen LogP contribution in [0, 0.1) is 19.3 Å². The van der Waals surface area contributed by atoms with Crippen LogP contribution < -0.4 is 15.4 Å². The Kier molecular flexibility index (Phi) is 8.93. The summed E-state index contributed by atoms with van der Waals surface area (Å²) in [4.78, 5) is 24.7. The van der Waals surface area contributed by atoms with Crippen LogP contribution >= 0.6 is 11.6 Å². The van der Waals surface area contributed by atoms with Crippen molar-refractivity contribution in [3.8, 4) is 5.75 Å². The van der Waals surface area contributed by atoms with Crippen molar-refractivity contribution in [2.75, 3.05) is 17.2 Å². The summed E-state index contributed by atoms with van der Waals surface area (Å²) < 4.78 is 5.91. The van der Waals surface area contributed by atoms with E-state index in [0.717, 1.165) is 29.7 Å². The minimum Gasteiger partial charge on any atom is -0.493 e. The molecule has 5 nitrogen and oxygen atoms in total. The number of rotatable bonds is 10. The van der Waals surface area contributed by atoms with Crippen LogP contribution in [0.15, 0.2) is 36.4 Å². The van der Waals surface area contributed by atoms with Crippen molar-refractivity contribution in [1.29, 1.82) is 0 Å². The maximum atomic E-state index is 12.9. The summed E-state index contributed by atoms with van der Waals surface area (Å²) in [6, 6.07) is 11.2. The van der Waals surface area contributed by atoms with Crippen LogP contribution in [0.25, 0.3) is 0 Å². The van der Waals surface area contributed by atoms with Crippen LogP contribution in [0.4, 0.5) is 11.4 Å². The Hall–Kier alpha value is -2.53. The third kappa shape index (κ3) is 7.59. The molecule has 31 heavy (non-hydrogen) atoms. The van der Waals surface area contributed by atoms with Crippen molar-refractivity contribution in [2.45, 2.75) is 60.3 Å². The minimum atomic E-state index is -0.601. The number of benzene rings is 2. The maximum Gasteiger partial charge on any atom is 0.230 e. The minimum absolute atomic E-state index is 0.0636. The highest BCUT2D eigenvalue weighted by molar-refractivity contribution is 6.34. The molecule has 0 saturated heterocycles. The molecule has 0 fully saturated rings. The lowest BCUT2D eigenvalue weighted by molar-refractivity contribution is -0.124. The molecule has 0 unspecified atom stereocenters. The zero-order chi connectivity index (χ0) is 23.0. The number of nitrogens with one attached hydrogen (secondary N) is 2. The zero-order valence-electron chi connectivity index (χ0n) is 19.1. The largest absolute Gasteiger partial charge is 0.493 e. The molecule has 0 aliphatic heterocycles. The van der Waals surface area contributed by atoms with Gasteiger partial charge in [0.25, 0.3) is 0 Å². The zero-order valence-corrected chi connectivity index (χ0v) is 19.9. The molecule has 0 aliphatic carbocycles. The summed E-state index contributed by atoms with van der Waals surface area (Å²) in [5.74, 6) is 0.695. The molecule has 0 heterocycles. The van der Waals surface area contributed by atoms with E-state index >= 15 is 0 Å². The van der Waals surface area contributed by atoms with Crippen LogP contribution in [0.1, 0.15) is 57.6 Å². The van der Waals surface area contributed by atoms with Crippen molar-refractivity contribution in [3.63, 3.8) is 0 Å². The number of carbonyl (C=O) groups is 2. The fourth-order valence-electron chi connectivity index (χ4n) is 3.11.